The van der Waals surface area contributed by atoms with E-state index in [1.54, 1.807) is 18.2 Å². The standard InChI is InChI=1S/C15H12Cl2O/c1-10-9-12(7-8-13(10)16)15(18)14(17)11-5-3-2-4-6-11/h2-9,14H,1H3. The zero-order valence-corrected chi connectivity index (χ0v) is 11.4. The summed E-state index contributed by atoms with van der Waals surface area (Å²) >= 11 is 12.1. The van der Waals surface area contributed by atoms with Crippen LogP contribution in [0.5, 0.6) is 0 Å². The van der Waals surface area contributed by atoms with Crippen LogP contribution in [0.1, 0.15) is 26.9 Å². The van der Waals surface area contributed by atoms with E-state index in [0.29, 0.717) is 10.6 Å². The fraction of sp³-hybridized carbons (Fsp3) is 0.133. The van der Waals surface area contributed by atoms with Crippen LogP contribution >= 0.6 is 23.2 Å². The molecule has 0 saturated carbocycles. The first-order valence-corrected chi connectivity index (χ1v) is 6.40. The van der Waals surface area contributed by atoms with E-state index in [4.69, 9.17) is 23.2 Å². The molecule has 1 atom stereocenters. The molecule has 0 aliphatic rings. The molecule has 0 fully saturated rings. The Morgan fingerprint density at radius 1 is 1.11 bits per heavy atom. The molecule has 2 aromatic rings. The summed E-state index contributed by atoms with van der Waals surface area (Å²) in [6.07, 6.45) is 0. The SMILES string of the molecule is Cc1cc(C(=O)C(Cl)c2ccccc2)ccc1Cl. The van der Waals surface area contributed by atoms with E-state index >= 15 is 0 Å². The highest BCUT2D eigenvalue weighted by molar-refractivity contribution is 6.34. The number of ketones is 1. The lowest BCUT2D eigenvalue weighted by Gasteiger charge is -2.09. The average Bonchev–Trinajstić information content (AvgIpc) is 2.41. The van der Waals surface area contributed by atoms with Gasteiger partial charge in [-0.25, -0.2) is 0 Å². The van der Waals surface area contributed by atoms with Gasteiger partial charge in [-0.2, -0.15) is 0 Å². The molecule has 0 bridgehead atoms. The average molecular weight is 279 g/mol. The maximum Gasteiger partial charge on any atom is 0.185 e. The number of carbonyl (C=O) groups is 1. The van der Waals surface area contributed by atoms with Crippen LogP contribution in [0.25, 0.3) is 0 Å². The fourth-order valence-electron chi connectivity index (χ4n) is 1.72. The van der Waals surface area contributed by atoms with Gasteiger partial charge >= 0.3 is 0 Å². The predicted octanol–water partition coefficient (Wildman–Crippen LogP) is 4.81. The number of benzene rings is 2. The van der Waals surface area contributed by atoms with Crippen molar-refractivity contribution >= 4 is 29.0 Å². The second kappa shape index (κ2) is 5.55. The highest BCUT2D eigenvalue weighted by Crippen LogP contribution is 2.26. The van der Waals surface area contributed by atoms with Crippen LogP contribution in [0, 0.1) is 6.92 Å². The lowest BCUT2D eigenvalue weighted by Crippen LogP contribution is -2.07. The van der Waals surface area contributed by atoms with E-state index in [-0.39, 0.29) is 5.78 Å². The van der Waals surface area contributed by atoms with Crippen LogP contribution in [0.2, 0.25) is 5.02 Å². The molecule has 0 aliphatic heterocycles. The Hall–Kier alpha value is -1.31. The van der Waals surface area contributed by atoms with Gasteiger partial charge in [-0.3, -0.25) is 4.79 Å². The summed E-state index contributed by atoms with van der Waals surface area (Å²) in [5.74, 6) is -0.109. The van der Waals surface area contributed by atoms with Crippen molar-refractivity contribution in [1.82, 2.24) is 0 Å². The Kier molecular flexibility index (Phi) is 4.05. The Morgan fingerprint density at radius 3 is 2.39 bits per heavy atom. The number of rotatable bonds is 3. The number of hydrogen-bond acceptors (Lipinski definition) is 1. The second-order valence-electron chi connectivity index (χ2n) is 4.10. The topological polar surface area (TPSA) is 17.1 Å². The number of hydrogen-bond donors (Lipinski definition) is 0. The predicted molar refractivity (Wildman–Crippen MR) is 75.6 cm³/mol. The fourth-order valence-corrected chi connectivity index (χ4v) is 2.11. The van der Waals surface area contributed by atoms with Crippen molar-refractivity contribution in [3.8, 4) is 0 Å². The van der Waals surface area contributed by atoms with Crippen LogP contribution in [0.3, 0.4) is 0 Å². The van der Waals surface area contributed by atoms with Gasteiger partial charge in [-0.15, -0.1) is 11.6 Å². The largest absolute Gasteiger partial charge is 0.292 e. The van der Waals surface area contributed by atoms with Crippen molar-refractivity contribution in [2.45, 2.75) is 12.3 Å². The summed E-state index contributed by atoms with van der Waals surface area (Å²) < 4.78 is 0. The molecule has 0 aliphatic carbocycles. The van der Waals surface area contributed by atoms with Crippen LogP contribution in [0.4, 0.5) is 0 Å². The van der Waals surface area contributed by atoms with Gasteiger partial charge in [0.25, 0.3) is 0 Å². The van der Waals surface area contributed by atoms with Crippen molar-refractivity contribution in [1.29, 1.82) is 0 Å². The monoisotopic (exact) mass is 278 g/mol. The third-order valence-corrected chi connectivity index (χ3v) is 3.64. The van der Waals surface area contributed by atoms with Crippen molar-refractivity contribution in [2.75, 3.05) is 0 Å². The van der Waals surface area contributed by atoms with E-state index in [9.17, 15) is 4.79 Å². The molecule has 0 radical (unpaired) electrons. The van der Waals surface area contributed by atoms with E-state index < -0.39 is 5.38 Å². The molecule has 3 heteroatoms. The molecule has 1 nitrogen and oxygen atoms in total. The van der Waals surface area contributed by atoms with Crippen molar-refractivity contribution in [3.63, 3.8) is 0 Å². The molecule has 92 valence electrons. The van der Waals surface area contributed by atoms with Crippen molar-refractivity contribution < 1.29 is 4.79 Å². The number of halogens is 2. The van der Waals surface area contributed by atoms with Crippen LogP contribution in [0.15, 0.2) is 48.5 Å². The molecule has 0 saturated heterocycles. The normalized spacial score (nSPS) is 12.2. The third-order valence-electron chi connectivity index (χ3n) is 2.76. The number of alkyl halides is 1. The maximum atomic E-state index is 12.2. The first-order valence-electron chi connectivity index (χ1n) is 5.59. The molecular weight excluding hydrogens is 267 g/mol. The Morgan fingerprint density at radius 2 is 1.78 bits per heavy atom. The molecule has 0 heterocycles. The third kappa shape index (κ3) is 2.74. The van der Waals surface area contributed by atoms with Gasteiger partial charge in [0.1, 0.15) is 5.38 Å². The first-order chi connectivity index (χ1) is 8.59. The van der Waals surface area contributed by atoms with E-state index in [1.807, 2.05) is 37.3 Å². The van der Waals surface area contributed by atoms with Crippen molar-refractivity contribution in [2.24, 2.45) is 0 Å². The molecule has 0 spiro atoms. The summed E-state index contributed by atoms with van der Waals surface area (Å²) in [4.78, 5) is 12.2. The molecule has 1 unspecified atom stereocenters. The quantitative estimate of drug-likeness (QED) is 0.582. The summed E-state index contributed by atoms with van der Waals surface area (Å²) in [7, 11) is 0. The Bertz CT molecular complexity index is 564. The van der Waals surface area contributed by atoms with E-state index in [2.05, 4.69) is 0 Å². The van der Waals surface area contributed by atoms with Gasteiger partial charge < -0.3 is 0 Å². The minimum atomic E-state index is -0.660. The molecule has 0 aromatic heterocycles. The minimum Gasteiger partial charge on any atom is -0.292 e. The highest BCUT2D eigenvalue weighted by Gasteiger charge is 2.19. The van der Waals surface area contributed by atoms with E-state index in [0.717, 1.165) is 11.1 Å². The lowest BCUT2D eigenvalue weighted by atomic mass is 10.0. The van der Waals surface area contributed by atoms with Crippen LogP contribution < -0.4 is 0 Å². The molecule has 2 aromatic carbocycles. The molecule has 18 heavy (non-hydrogen) atoms. The van der Waals surface area contributed by atoms with Gasteiger partial charge in [0, 0.05) is 10.6 Å². The maximum absolute atomic E-state index is 12.2. The zero-order valence-electron chi connectivity index (χ0n) is 9.86. The summed E-state index contributed by atoms with van der Waals surface area (Å²) in [6.45, 7) is 1.87. The Balaban J connectivity index is 2.29. The smallest absolute Gasteiger partial charge is 0.185 e. The van der Waals surface area contributed by atoms with Gasteiger partial charge in [0.05, 0.1) is 0 Å². The van der Waals surface area contributed by atoms with Gasteiger partial charge in [-0.1, -0.05) is 41.9 Å². The minimum absolute atomic E-state index is 0.109. The van der Waals surface area contributed by atoms with Gasteiger partial charge in [0.15, 0.2) is 5.78 Å². The first kappa shape index (κ1) is 13.1. The molecule has 2 rings (SSSR count). The molecule has 0 amide bonds. The van der Waals surface area contributed by atoms with Gasteiger partial charge in [0.2, 0.25) is 0 Å². The number of carbonyl (C=O) groups excluding carboxylic acids is 1. The Labute approximate surface area is 116 Å². The van der Waals surface area contributed by atoms with Crippen LogP contribution in [-0.2, 0) is 0 Å². The molecule has 0 N–H and O–H groups in total. The summed E-state index contributed by atoms with van der Waals surface area (Å²) in [5, 5.41) is -0.0100. The number of Topliss-reactive ketones (excluding diaryl/α,β-unsaturated/α-hetero) is 1. The molecular formula is C15H12Cl2O. The van der Waals surface area contributed by atoms with Crippen molar-refractivity contribution in [3.05, 3.63) is 70.2 Å². The van der Waals surface area contributed by atoms with E-state index in [1.165, 1.54) is 0 Å². The zero-order chi connectivity index (χ0) is 13.1. The summed E-state index contributed by atoms with van der Waals surface area (Å²) in [5.41, 5.74) is 2.26. The number of aryl methyl sites for hydroxylation is 1. The summed E-state index contributed by atoms with van der Waals surface area (Å²) in [6, 6.07) is 14.5. The van der Waals surface area contributed by atoms with Gasteiger partial charge in [-0.05, 0) is 36.2 Å². The highest BCUT2D eigenvalue weighted by atomic mass is 35.5. The lowest BCUT2D eigenvalue weighted by molar-refractivity contribution is 0.0987. The second-order valence-corrected chi connectivity index (χ2v) is 4.95. The van der Waals surface area contributed by atoms with Crippen LogP contribution in [-0.4, -0.2) is 5.78 Å².